The van der Waals surface area contributed by atoms with Gasteiger partial charge in [-0.25, -0.2) is 0 Å². The summed E-state index contributed by atoms with van der Waals surface area (Å²) in [7, 11) is 0. The van der Waals surface area contributed by atoms with Crippen molar-refractivity contribution < 1.29 is 4.79 Å². The summed E-state index contributed by atoms with van der Waals surface area (Å²) in [5.41, 5.74) is 0.626. The topological polar surface area (TPSA) is 40.9 Å². The Bertz CT molecular complexity index is 378. The second kappa shape index (κ2) is 5.53. The molecule has 0 aromatic heterocycles. The number of carbonyl (C=O) groups excluding carboxylic acids is 1. The lowest BCUT2D eigenvalue weighted by Crippen LogP contribution is -2.13. The van der Waals surface area contributed by atoms with E-state index < -0.39 is 0 Å². The Morgan fingerprint density at radius 3 is 2.53 bits per heavy atom. The van der Waals surface area contributed by atoms with Crippen LogP contribution in [0.15, 0.2) is 24.3 Å². The molecule has 0 radical (unpaired) electrons. The van der Waals surface area contributed by atoms with Gasteiger partial charge in [0.1, 0.15) is 0 Å². The maximum Gasteiger partial charge on any atom is 0.166 e. The fourth-order valence-electron chi connectivity index (χ4n) is 1.38. The van der Waals surface area contributed by atoms with E-state index in [9.17, 15) is 4.79 Å². The van der Waals surface area contributed by atoms with Gasteiger partial charge in [0, 0.05) is 22.9 Å². The number of halogens is 1. The summed E-state index contributed by atoms with van der Waals surface area (Å²) >= 11 is 5.73. The Hall–Kier alpha value is -1.33. The Balaban J connectivity index is 2.84. The van der Waals surface area contributed by atoms with Crippen LogP contribution in [0.25, 0.3) is 0 Å². The number of benzene rings is 1. The van der Waals surface area contributed by atoms with Gasteiger partial charge in [-0.2, -0.15) is 5.26 Å². The van der Waals surface area contributed by atoms with E-state index in [-0.39, 0.29) is 18.1 Å². The molecule has 0 bridgehead atoms. The van der Waals surface area contributed by atoms with Gasteiger partial charge in [-0.05, 0) is 30.7 Å². The highest BCUT2D eigenvalue weighted by atomic mass is 35.5. The highest BCUT2D eigenvalue weighted by Gasteiger charge is 2.17. The zero-order valence-electron chi connectivity index (χ0n) is 8.53. The van der Waals surface area contributed by atoms with E-state index in [0.717, 1.165) is 0 Å². The van der Waals surface area contributed by atoms with Crippen molar-refractivity contribution in [2.24, 2.45) is 5.92 Å². The van der Waals surface area contributed by atoms with Crippen LogP contribution in [0.4, 0.5) is 0 Å². The lowest BCUT2D eigenvalue weighted by atomic mass is 9.93. The molecule has 3 heteroatoms. The first-order valence-electron chi connectivity index (χ1n) is 4.85. The normalized spacial score (nSPS) is 11.8. The molecule has 0 spiro atoms. The molecule has 0 amide bonds. The summed E-state index contributed by atoms with van der Waals surface area (Å²) in [5, 5.41) is 9.20. The van der Waals surface area contributed by atoms with E-state index in [4.69, 9.17) is 16.9 Å². The fourth-order valence-corrected chi connectivity index (χ4v) is 1.51. The van der Waals surface area contributed by atoms with Crippen LogP contribution in [-0.2, 0) is 0 Å². The zero-order chi connectivity index (χ0) is 11.3. The largest absolute Gasteiger partial charge is 0.294 e. The molecular formula is C12H12ClNO. The molecule has 1 unspecified atom stereocenters. The van der Waals surface area contributed by atoms with Crippen molar-refractivity contribution in [2.45, 2.75) is 19.8 Å². The first-order chi connectivity index (χ1) is 7.19. The molecule has 1 aromatic rings. The molecule has 78 valence electrons. The minimum Gasteiger partial charge on any atom is -0.294 e. The maximum absolute atomic E-state index is 11.9. The van der Waals surface area contributed by atoms with E-state index in [2.05, 4.69) is 0 Å². The third kappa shape index (κ3) is 3.07. The lowest BCUT2D eigenvalue weighted by molar-refractivity contribution is 0.0918. The number of nitrogens with zero attached hydrogens (tertiary/aromatic N) is 1. The predicted octanol–water partition coefficient (Wildman–Crippen LogP) is 3.46. The third-order valence-corrected chi connectivity index (χ3v) is 2.58. The Labute approximate surface area is 94.5 Å². The van der Waals surface area contributed by atoms with Crippen molar-refractivity contribution in [3.8, 4) is 6.07 Å². The molecule has 1 aromatic carbocycles. The van der Waals surface area contributed by atoms with Crippen LogP contribution in [0.1, 0.15) is 30.1 Å². The van der Waals surface area contributed by atoms with Gasteiger partial charge in [-0.1, -0.05) is 18.5 Å². The number of nitriles is 1. The number of rotatable bonds is 4. The van der Waals surface area contributed by atoms with Crippen molar-refractivity contribution in [3.63, 3.8) is 0 Å². The van der Waals surface area contributed by atoms with Gasteiger partial charge in [0.25, 0.3) is 0 Å². The van der Waals surface area contributed by atoms with Crippen molar-refractivity contribution in [2.75, 3.05) is 0 Å². The maximum atomic E-state index is 11.9. The molecule has 0 heterocycles. The van der Waals surface area contributed by atoms with Crippen LogP contribution < -0.4 is 0 Å². The molecule has 1 rings (SSSR count). The van der Waals surface area contributed by atoms with Crippen LogP contribution in [0.3, 0.4) is 0 Å². The molecule has 0 fully saturated rings. The highest BCUT2D eigenvalue weighted by molar-refractivity contribution is 6.30. The highest BCUT2D eigenvalue weighted by Crippen LogP contribution is 2.17. The minimum atomic E-state index is -0.198. The van der Waals surface area contributed by atoms with Gasteiger partial charge < -0.3 is 0 Å². The summed E-state index contributed by atoms with van der Waals surface area (Å²) in [6.45, 7) is 1.91. The summed E-state index contributed by atoms with van der Waals surface area (Å²) < 4.78 is 0. The monoisotopic (exact) mass is 221 g/mol. The van der Waals surface area contributed by atoms with E-state index in [1.54, 1.807) is 24.3 Å². The number of hydrogen-bond acceptors (Lipinski definition) is 2. The molecule has 0 saturated heterocycles. The molecule has 0 aliphatic carbocycles. The van der Waals surface area contributed by atoms with Gasteiger partial charge >= 0.3 is 0 Å². The first kappa shape index (κ1) is 11.7. The number of carbonyl (C=O) groups is 1. The Kier molecular flexibility index (Phi) is 4.33. The molecule has 0 aliphatic heterocycles. The minimum absolute atomic E-state index is 0.0238. The SMILES string of the molecule is CCC(CC#N)C(=O)c1ccc(Cl)cc1. The van der Waals surface area contributed by atoms with Crippen molar-refractivity contribution in [3.05, 3.63) is 34.9 Å². The second-order valence-electron chi connectivity index (χ2n) is 3.34. The Morgan fingerprint density at radius 1 is 1.47 bits per heavy atom. The summed E-state index contributed by atoms with van der Waals surface area (Å²) in [6.07, 6.45) is 0.965. The number of hydrogen-bond donors (Lipinski definition) is 0. The molecular weight excluding hydrogens is 210 g/mol. The summed E-state index contributed by atoms with van der Waals surface area (Å²) in [5.74, 6) is -0.174. The van der Waals surface area contributed by atoms with Crippen molar-refractivity contribution in [1.82, 2.24) is 0 Å². The van der Waals surface area contributed by atoms with Crippen LogP contribution in [0.2, 0.25) is 5.02 Å². The van der Waals surface area contributed by atoms with Gasteiger partial charge in [0.05, 0.1) is 6.07 Å². The molecule has 1 atom stereocenters. The molecule has 0 aliphatic rings. The summed E-state index contributed by atoms with van der Waals surface area (Å²) in [6, 6.07) is 8.81. The molecule has 0 N–H and O–H groups in total. The van der Waals surface area contributed by atoms with E-state index in [1.165, 1.54) is 0 Å². The molecule has 2 nitrogen and oxygen atoms in total. The van der Waals surface area contributed by atoms with Gasteiger partial charge in [-0.3, -0.25) is 4.79 Å². The van der Waals surface area contributed by atoms with Gasteiger partial charge in [-0.15, -0.1) is 0 Å². The van der Waals surface area contributed by atoms with Crippen molar-refractivity contribution >= 4 is 17.4 Å². The predicted molar refractivity (Wildman–Crippen MR) is 59.8 cm³/mol. The number of Topliss-reactive ketones (excluding diaryl/α,β-unsaturated/α-hetero) is 1. The van der Waals surface area contributed by atoms with Gasteiger partial charge in [0.15, 0.2) is 5.78 Å². The van der Waals surface area contributed by atoms with Crippen LogP contribution in [0.5, 0.6) is 0 Å². The van der Waals surface area contributed by atoms with Crippen LogP contribution in [-0.4, -0.2) is 5.78 Å². The fraction of sp³-hybridized carbons (Fsp3) is 0.333. The first-order valence-corrected chi connectivity index (χ1v) is 5.23. The number of ketones is 1. The second-order valence-corrected chi connectivity index (χ2v) is 3.77. The average Bonchev–Trinajstić information content (AvgIpc) is 2.26. The summed E-state index contributed by atoms with van der Waals surface area (Å²) in [4.78, 5) is 11.9. The van der Waals surface area contributed by atoms with Gasteiger partial charge in [0.2, 0.25) is 0 Å². The smallest absolute Gasteiger partial charge is 0.166 e. The van der Waals surface area contributed by atoms with E-state index in [1.807, 2.05) is 13.0 Å². The van der Waals surface area contributed by atoms with Crippen LogP contribution in [0, 0.1) is 17.2 Å². The average molecular weight is 222 g/mol. The quantitative estimate of drug-likeness (QED) is 0.731. The molecule has 0 saturated carbocycles. The standard InChI is InChI=1S/C12H12ClNO/c1-2-9(7-8-14)12(15)10-3-5-11(13)6-4-10/h3-6,9H,2,7H2,1H3. The van der Waals surface area contributed by atoms with E-state index in [0.29, 0.717) is 17.0 Å². The Morgan fingerprint density at radius 2 is 2.07 bits per heavy atom. The van der Waals surface area contributed by atoms with E-state index >= 15 is 0 Å². The molecule has 15 heavy (non-hydrogen) atoms. The van der Waals surface area contributed by atoms with Crippen LogP contribution >= 0.6 is 11.6 Å². The lowest BCUT2D eigenvalue weighted by Gasteiger charge is -2.09. The zero-order valence-corrected chi connectivity index (χ0v) is 9.29. The third-order valence-electron chi connectivity index (χ3n) is 2.33. The van der Waals surface area contributed by atoms with Crippen molar-refractivity contribution in [1.29, 1.82) is 5.26 Å².